The maximum Gasteiger partial charge on any atom is 0.264 e. The number of amides is 1. The third-order valence-electron chi connectivity index (χ3n) is 13.8. The second-order valence-corrected chi connectivity index (χ2v) is 17.8. The van der Waals surface area contributed by atoms with Gasteiger partial charge in [-0.15, -0.1) is 0 Å². The molecule has 0 aromatic heterocycles. The number of aryl methyl sites for hydroxylation is 1. The predicted molar refractivity (Wildman–Crippen MR) is 185 cm³/mol. The molecule has 6 nitrogen and oxygen atoms in total. The van der Waals surface area contributed by atoms with E-state index >= 15 is 0 Å². The fourth-order valence-electron chi connectivity index (χ4n) is 11.4. The van der Waals surface area contributed by atoms with E-state index in [1.54, 1.807) is 0 Å². The molecule has 8 atom stereocenters. The number of nitrogens with one attached hydrogen (secondary N) is 1. The number of hydrogen-bond acceptors (Lipinski definition) is 4. The highest BCUT2D eigenvalue weighted by molar-refractivity contribution is 7.85. The van der Waals surface area contributed by atoms with Gasteiger partial charge >= 0.3 is 0 Å². The first-order valence-corrected chi connectivity index (χ1v) is 20.0. The van der Waals surface area contributed by atoms with Crippen molar-refractivity contribution in [1.82, 2.24) is 5.32 Å². The lowest BCUT2D eigenvalue weighted by atomic mass is 9.44. The highest BCUT2D eigenvalue weighted by atomic mass is 32.2. The van der Waals surface area contributed by atoms with Crippen LogP contribution in [0.15, 0.2) is 18.2 Å². The Labute approximate surface area is 274 Å². The summed E-state index contributed by atoms with van der Waals surface area (Å²) in [6, 6.07) is 6.23. The average molecular weight is 643 g/mol. The van der Waals surface area contributed by atoms with Crippen molar-refractivity contribution in [3.8, 4) is 0 Å². The fourth-order valence-corrected chi connectivity index (χ4v) is 11.9. The molecule has 5 rings (SSSR count). The van der Waals surface area contributed by atoms with Crippen molar-refractivity contribution in [3.63, 3.8) is 0 Å². The van der Waals surface area contributed by atoms with E-state index in [0.29, 0.717) is 42.7 Å². The Bertz CT molecular complexity index is 1280. The molecule has 4 saturated carbocycles. The summed E-state index contributed by atoms with van der Waals surface area (Å²) in [5.41, 5.74) is 4.59. The zero-order valence-corrected chi connectivity index (χ0v) is 29.8. The van der Waals surface area contributed by atoms with Gasteiger partial charge in [-0.3, -0.25) is 9.35 Å². The van der Waals surface area contributed by atoms with Gasteiger partial charge in [-0.1, -0.05) is 45.7 Å². The number of carbonyl (C=O) groups excluding carboxylic acids is 1. The molecule has 0 radical (unpaired) electrons. The minimum Gasteiger partial charge on any atom is -0.374 e. The van der Waals surface area contributed by atoms with E-state index < -0.39 is 10.1 Å². The summed E-state index contributed by atoms with van der Waals surface area (Å²) in [5, 5.41) is 3.20. The molecule has 45 heavy (non-hydrogen) atoms. The molecule has 1 amide bonds. The Morgan fingerprint density at radius 1 is 1.02 bits per heavy atom. The van der Waals surface area contributed by atoms with Crippen LogP contribution in [-0.2, 0) is 21.3 Å². The second kappa shape index (κ2) is 14.3. The zero-order chi connectivity index (χ0) is 32.4. The van der Waals surface area contributed by atoms with Gasteiger partial charge in [0.1, 0.15) is 0 Å². The summed E-state index contributed by atoms with van der Waals surface area (Å²) in [4.78, 5) is 14.9. The van der Waals surface area contributed by atoms with Crippen molar-refractivity contribution in [2.24, 2.45) is 46.3 Å². The summed E-state index contributed by atoms with van der Waals surface area (Å²) in [6.07, 6.45) is 18.3. The number of carbonyl (C=O) groups is 1. The third kappa shape index (κ3) is 7.60. The molecule has 4 aliphatic carbocycles. The normalized spacial score (nSPS) is 33.5. The van der Waals surface area contributed by atoms with Gasteiger partial charge in [0.25, 0.3) is 10.1 Å². The molecule has 0 aliphatic heterocycles. The van der Waals surface area contributed by atoms with Crippen LogP contribution in [0.4, 0.5) is 5.69 Å². The van der Waals surface area contributed by atoms with Gasteiger partial charge in [-0.05, 0) is 148 Å². The van der Waals surface area contributed by atoms with Crippen molar-refractivity contribution in [1.29, 1.82) is 0 Å². The van der Waals surface area contributed by atoms with Gasteiger partial charge in [0.15, 0.2) is 0 Å². The molecule has 254 valence electrons. The van der Waals surface area contributed by atoms with Gasteiger partial charge in [0, 0.05) is 32.2 Å². The molecule has 0 bridgehead atoms. The van der Waals surface area contributed by atoms with E-state index in [-0.39, 0.29) is 11.7 Å². The molecular formula is C38H62N2O4S. The molecule has 4 fully saturated rings. The van der Waals surface area contributed by atoms with Crippen LogP contribution in [0.25, 0.3) is 0 Å². The Balaban J connectivity index is 1.05. The SMILES string of the molecule is Cc1c(CCCNC(=O)CC[C@@H](C)[C@H]2CCC3C4CCC5CCCC[C@]5(C)C4CC[C@@]32C)cccc1N(C)CCCS(=O)(=O)O. The summed E-state index contributed by atoms with van der Waals surface area (Å²) >= 11 is 0. The first-order chi connectivity index (χ1) is 21.3. The van der Waals surface area contributed by atoms with E-state index in [2.05, 4.69) is 45.1 Å². The minimum absolute atomic E-state index is 0.192. The molecule has 0 spiro atoms. The van der Waals surface area contributed by atoms with Crippen LogP contribution in [0.5, 0.6) is 0 Å². The van der Waals surface area contributed by atoms with E-state index in [1.807, 2.05) is 18.0 Å². The molecule has 0 saturated heterocycles. The van der Waals surface area contributed by atoms with Crippen LogP contribution in [0.2, 0.25) is 0 Å². The second-order valence-electron chi connectivity index (χ2n) is 16.2. The van der Waals surface area contributed by atoms with E-state index in [9.17, 15) is 13.2 Å². The molecule has 4 unspecified atom stereocenters. The quantitative estimate of drug-likeness (QED) is 0.167. The highest BCUT2D eigenvalue weighted by Crippen LogP contribution is 2.68. The number of rotatable bonds is 13. The van der Waals surface area contributed by atoms with Crippen molar-refractivity contribution in [2.45, 2.75) is 124 Å². The number of benzene rings is 1. The largest absolute Gasteiger partial charge is 0.374 e. The van der Waals surface area contributed by atoms with Crippen LogP contribution >= 0.6 is 0 Å². The van der Waals surface area contributed by atoms with Crippen LogP contribution in [-0.4, -0.2) is 44.8 Å². The van der Waals surface area contributed by atoms with Gasteiger partial charge in [-0.2, -0.15) is 8.42 Å². The van der Waals surface area contributed by atoms with Crippen molar-refractivity contribution < 1.29 is 17.8 Å². The van der Waals surface area contributed by atoms with E-state index in [1.165, 1.54) is 75.3 Å². The standard InChI is InChI=1S/C38H62N2O4S/c1-27(32-18-19-33-31-17-16-30-13-6-7-22-37(30,3)34(31)21-23-38(32,33)4)15-20-36(41)39-24-9-12-29-11-8-14-35(28(29)2)40(5)25-10-26-45(42,43)44/h8,11,14,27,30-34H,6-7,9-10,12-13,15-26H2,1-5H3,(H,39,41)(H,42,43,44)/t27-,30?,31?,32-,33?,34?,37+,38-/m1/s1. The molecule has 2 N–H and O–H groups in total. The topological polar surface area (TPSA) is 86.7 Å². The lowest BCUT2D eigenvalue weighted by Crippen LogP contribution is -2.53. The van der Waals surface area contributed by atoms with Crippen molar-refractivity contribution in [2.75, 3.05) is 30.8 Å². The lowest BCUT2D eigenvalue weighted by molar-refractivity contribution is -0.122. The predicted octanol–water partition coefficient (Wildman–Crippen LogP) is 8.22. The first-order valence-electron chi connectivity index (χ1n) is 18.3. The number of hydrogen-bond donors (Lipinski definition) is 2. The Morgan fingerprint density at radius 2 is 1.80 bits per heavy atom. The maximum atomic E-state index is 12.9. The van der Waals surface area contributed by atoms with Crippen LogP contribution in [0, 0.1) is 53.3 Å². The van der Waals surface area contributed by atoms with Crippen LogP contribution < -0.4 is 10.2 Å². The number of fused-ring (bicyclic) bond motifs is 5. The minimum atomic E-state index is -3.93. The zero-order valence-electron chi connectivity index (χ0n) is 29.0. The third-order valence-corrected chi connectivity index (χ3v) is 14.6. The van der Waals surface area contributed by atoms with Crippen molar-refractivity contribution >= 4 is 21.7 Å². The van der Waals surface area contributed by atoms with Gasteiger partial charge in [-0.25, -0.2) is 0 Å². The van der Waals surface area contributed by atoms with E-state index in [4.69, 9.17) is 4.55 Å². The summed E-state index contributed by atoms with van der Waals surface area (Å²) < 4.78 is 31.1. The first kappa shape index (κ1) is 34.7. The number of anilines is 1. The Morgan fingerprint density at radius 3 is 2.58 bits per heavy atom. The van der Waals surface area contributed by atoms with Gasteiger partial charge in [0.05, 0.1) is 5.75 Å². The fraction of sp³-hybridized carbons (Fsp3) is 0.816. The van der Waals surface area contributed by atoms with Gasteiger partial charge in [0.2, 0.25) is 5.91 Å². The molecular weight excluding hydrogens is 580 g/mol. The Kier molecular flexibility index (Phi) is 11.0. The summed E-state index contributed by atoms with van der Waals surface area (Å²) in [5.74, 6) is 5.11. The monoisotopic (exact) mass is 642 g/mol. The van der Waals surface area contributed by atoms with E-state index in [0.717, 1.165) is 54.5 Å². The average Bonchev–Trinajstić information content (AvgIpc) is 3.35. The van der Waals surface area contributed by atoms with Crippen LogP contribution in [0.3, 0.4) is 0 Å². The molecule has 0 heterocycles. The van der Waals surface area contributed by atoms with Gasteiger partial charge < -0.3 is 10.2 Å². The molecule has 4 aliphatic rings. The molecule has 1 aromatic carbocycles. The maximum absolute atomic E-state index is 12.9. The Hall–Kier alpha value is -1.60. The summed E-state index contributed by atoms with van der Waals surface area (Å²) in [7, 11) is -1.98. The number of nitrogens with zero attached hydrogens (tertiary/aromatic N) is 1. The van der Waals surface area contributed by atoms with Crippen LogP contribution in [0.1, 0.15) is 122 Å². The summed E-state index contributed by atoms with van der Waals surface area (Å²) in [6.45, 7) is 11.1. The molecule has 7 heteroatoms. The molecule has 1 aromatic rings. The highest BCUT2D eigenvalue weighted by Gasteiger charge is 2.60. The lowest BCUT2D eigenvalue weighted by Gasteiger charge is -2.61. The smallest absolute Gasteiger partial charge is 0.264 e. The van der Waals surface area contributed by atoms with Crippen molar-refractivity contribution in [3.05, 3.63) is 29.3 Å².